The molecule has 4 aromatic rings. The molecule has 0 atom stereocenters. The third kappa shape index (κ3) is 3.20. The van der Waals surface area contributed by atoms with Crippen molar-refractivity contribution < 1.29 is 4.79 Å². The molecule has 0 aliphatic heterocycles. The zero-order chi connectivity index (χ0) is 19.8. The van der Waals surface area contributed by atoms with Gasteiger partial charge in [0.25, 0.3) is 5.91 Å². The zero-order valence-corrected chi connectivity index (χ0v) is 16.1. The first-order valence-corrected chi connectivity index (χ1v) is 10.1. The van der Waals surface area contributed by atoms with Crippen molar-refractivity contribution >= 4 is 33.9 Å². The molecule has 3 N–H and O–H groups in total. The molecule has 1 aliphatic rings. The molecule has 2 heterocycles. The lowest BCUT2D eigenvalue weighted by Crippen LogP contribution is -2.33. The number of fused-ring (bicyclic) bond motifs is 2. The predicted molar refractivity (Wildman–Crippen MR) is 115 cm³/mol. The maximum Gasteiger partial charge on any atom is 0.257 e. The van der Waals surface area contributed by atoms with Crippen LogP contribution in [-0.2, 0) is 6.54 Å². The van der Waals surface area contributed by atoms with Gasteiger partial charge in [0.15, 0.2) is 5.65 Å². The van der Waals surface area contributed by atoms with Gasteiger partial charge in [0.1, 0.15) is 16.9 Å². The van der Waals surface area contributed by atoms with Crippen LogP contribution in [0.3, 0.4) is 0 Å². The normalized spacial score (nSPS) is 14.6. The van der Waals surface area contributed by atoms with Crippen molar-refractivity contribution in [3.63, 3.8) is 0 Å². The molecule has 1 aliphatic carbocycles. The van der Waals surface area contributed by atoms with Gasteiger partial charge in [0, 0.05) is 6.04 Å². The highest BCUT2D eigenvalue weighted by Gasteiger charge is 2.26. The summed E-state index contributed by atoms with van der Waals surface area (Å²) in [5, 5.41) is 3.15. The van der Waals surface area contributed by atoms with E-state index in [0.29, 0.717) is 29.1 Å². The standard InChI is InChI=1S/C23H23N5O/c24-21-19(23(29)25-16-10-4-5-11-16)20-22(27-18-13-7-6-12-17(18)26-20)28(21)14-15-8-2-1-3-9-15/h1-3,6-9,12-13,16H,4-5,10-11,14,24H2,(H,25,29). The number of anilines is 1. The second-order valence-corrected chi connectivity index (χ2v) is 7.67. The Bertz CT molecular complexity index is 1190. The average molecular weight is 385 g/mol. The average Bonchev–Trinajstić information content (AvgIpc) is 3.34. The van der Waals surface area contributed by atoms with Gasteiger partial charge in [-0.2, -0.15) is 0 Å². The fourth-order valence-corrected chi connectivity index (χ4v) is 4.19. The van der Waals surface area contributed by atoms with Gasteiger partial charge in [-0.1, -0.05) is 55.3 Å². The fourth-order valence-electron chi connectivity index (χ4n) is 4.19. The van der Waals surface area contributed by atoms with E-state index in [1.54, 1.807) is 0 Å². The number of carbonyl (C=O) groups is 1. The zero-order valence-electron chi connectivity index (χ0n) is 16.1. The van der Waals surface area contributed by atoms with Gasteiger partial charge in [-0.15, -0.1) is 0 Å². The molecule has 5 rings (SSSR count). The summed E-state index contributed by atoms with van der Waals surface area (Å²) in [6.45, 7) is 0.535. The van der Waals surface area contributed by atoms with Crippen molar-refractivity contribution in [2.75, 3.05) is 5.73 Å². The van der Waals surface area contributed by atoms with Crippen LogP contribution in [0, 0.1) is 0 Å². The minimum Gasteiger partial charge on any atom is -0.384 e. The monoisotopic (exact) mass is 385 g/mol. The van der Waals surface area contributed by atoms with Crippen LogP contribution in [0.25, 0.3) is 22.2 Å². The molecule has 0 spiro atoms. The van der Waals surface area contributed by atoms with Gasteiger partial charge < -0.3 is 15.6 Å². The number of hydrogen-bond acceptors (Lipinski definition) is 4. The van der Waals surface area contributed by atoms with E-state index in [1.165, 1.54) is 0 Å². The van der Waals surface area contributed by atoms with E-state index in [0.717, 1.165) is 42.3 Å². The minimum atomic E-state index is -0.157. The van der Waals surface area contributed by atoms with Crippen LogP contribution >= 0.6 is 0 Å². The molecular weight excluding hydrogens is 362 g/mol. The SMILES string of the molecule is Nc1c(C(=O)NC2CCCC2)c2nc3ccccc3nc2n1Cc1ccccc1. The van der Waals surface area contributed by atoms with Crippen LogP contribution < -0.4 is 11.1 Å². The number of nitrogens with one attached hydrogen (secondary N) is 1. The highest BCUT2D eigenvalue weighted by atomic mass is 16.1. The van der Waals surface area contributed by atoms with Gasteiger partial charge in [0.2, 0.25) is 0 Å². The van der Waals surface area contributed by atoms with Gasteiger partial charge in [0.05, 0.1) is 17.6 Å². The molecule has 29 heavy (non-hydrogen) atoms. The Labute approximate surface area is 168 Å². The summed E-state index contributed by atoms with van der Waals surface area (Å²) in [5.74, 6) is 0.255. The van der Waals surface area contributed by atoms with Crippen LogP contribution in [0.2, 0.25) is 0 Å². The lowest BCUT2D eigenvalue weighted by atomic mass is 10.2. The predicted octanol–water partition coefficient (Wildman–Crippen LogP) is 3.89. The molecule has 0 radical (unpaired) electrons. The summed E-state index contributed by atoms with van der Waals surface area (Å²) in [4.78, 5) is 22.7. The van der Waals surface area contributed by atoms with Crippen LogP contribution in [0.4, 0.5) is 5.82 Å². The topological polar surface area (TPSA) is 85.8 Å². The van der Waals surface area contributed by atoms with Crippen molar-refractivity contribution in [1.82, 2.24) is 19.9 Å². The van der Waals surface area contributed by atoms with Crippen molar-refractivity contribution in [1.29, 1.82) is 0 Å². The number of para-hydroxylation sites is 2. The number of hydrogen-bond donors (Lipinski definition) is 2. The number of amides is 1. The molecule has 1 fully saturated rings. The first-order valence-electron chi connectivity index (χ1n) is 10.1. The summed E-state index contributed by atoms with van der Waals surface area (Å²) in [7, 11) is 0. The largest absolute Gasteiger partial charge is 0.384 e. The smallest absolute Gasteiger partial charge is 0.257 e. The lowest BCUT2D eigenvalue weighted by Gasteiger charge is -2.12. The van der Waals surface area contributed by atoms with E-state index in [2.05, 4.69) is 5.32 Å². The van der Waals surface area contributed by atoms with Crippen molar-refractivity contribution in [3.05, 3.63) is 65.7 Å². The van der Waals surface area contributed by atoms with Crippen LogP contribution in [0.1, 0.15) is 41.6 Å². The Morgan fingerprint density at radius 3 is 2.38 bits per heavy atom. The molecule has 0 bridgehead atoms. The number of benzene rings is 2. The second kappa shape index (κ2) is 7.20. The molecule has 0 unspecified atom stereocenters. The number of carbonyl (C=O) groups excluding carboxylic acids is 1. The first-order chi connectivity index (χ1) is 14.2. The minimum absolute atomic E-state index is 0.157. The second-order valence-electron chi connectivity index (χ2n) is 7.67. The highest BCUT2D eigenvalue weighted by Crippen LogP contribution is 2.29. The highest BCUT2D eigenvalue weighted by molar-refractivity contribution is 6.10. The molecule has 2 aromatic heterocycles. The molecule has 6 heteroatoms. The number of nitrogens with two attached hydrogens (primary N) is 1. The van der Waals surface area contributed by atoms with E-state index >= 15 is 0 Å². The lowest BCUT2D eigenvalue weighted by molar-refractivity contribution is 0.0940. The Morgan fingerprint density at radius 1 is 1.00 bits per heavy atom. The van der Waals surface area contributed by atoms with E-state index in [-0.39, 0.29) is 11.9 Å². The number of aromatic nitrogens is 3. The van der Waals surface area contributed by atoms with Crippen molar-refractivity contribution in [3.8, 4) is 0 Å². The molecule has 1 amide bonds. The van der Waals surface area contributed by atoms with Gasteiger partial charge in [-0.3, -0.25) is 4.79 Å². The molecule has 1 saturated carbocycles. The maximum atomic E-state index is 13.2. The summed E-state index contributed by atoms with van der Waals surface area (Å²) in [6.07, 6.45) is 4.34. The van der Waals surface area contributed by atoms with E-state index in [1.807, 2.05) is 59.2 Å². The summed E-state index contributed by atoms with van der Waals surface area (Å²) >= 11 is 0. The molecular formula is C23H23N5O. The van der Waals surface area contributed by atoms with Crippen LogP contribution in [-0.4, -0.2) is 26.5 Å². The number of nitrogens with zero attached hydrogens (tertiary/aromatic N) is 3. The van der Waals surface area contributed by atoms with Gasteiger partial charge in [-0.25, -0.2) is 9.97 Å². The van der Waals surface area contributed by atoms with Gasteiger partial charge >= 0.3 is 0 Å². The van der Waals surface area contributed by atoms with E-state index in [4.69, 9.17) is 15.7 Å². The fraction of sp³-hybridized carbons (Fsp3) is 0.261. The van der Waals surface area contributed by atoms with Gasteiger partial charge in [-0.05, 0) is 30.5 Å². The van der Waals surface area contributed by atoms with Crippen molar-refractivity contribution in [2.24, 2.45) is 0 Å². The third-order valence-corrected chi connectivity index (χ3v) is 5.69. The number of rotatable bonds is 4. The summed E-state index contributed by atoms with van der Waals surface area (Å²) in [5.41, 5.74) is 10.8. The summed E-state index contributed by atoms with van der Waals surface area (Å²) < 4.78 is 1.90. The molecule has 6 nitrogen and oxygen atoms in total. The Hall–Kier alpha value is -3.41. The molecule has 0 saturated heterocycles. The summed E-state index contributed by atoms with van der Waals surface area (Å²) in [6, 6.07) is 17.9. The quantitative estimate of drug-likeness (QED) is 0.558. The Balaban J connectivity index is 1.67. The molecule has 146 valence electrons. The van der Waals surface area contributed by atoms with E-state index in [9.17, 15) is 4.79 Å². The maximum absolute atomic E-state index is 13.2. The van der Waals surface area contributed by atoms with Crippen molar-refractivity contribution in [2.45, 2.75) is 38.3 Å². The molecule has 2 aromatic carbocycles. The Morgan fingerprint density at radius 2 is 1.66 bits per heavy atom. The number of nitrogen functional groups attached to an aromatic ring is 1. The van der Waals surface area contributed by atoms with Crippen LogP contribution in [0.5, 0.6) is 0 Å². The van der Waals surface area contributed by atoms with E-state index < -0.39 is 0 Å². The van der Waals surface area contributed by atoms with Crippen LogP contribution in [0.15, 0.2) is 54.6 Å². The first kappa shape index (κ1) is 17.7. The third-order valence-electron chi connectivity index (χ3n) is 5.69. The Kier molecular flexibility index (Phi) is 4.39.